The Morgan fingerprint density at radius 2 is 1.61 bits per heavy atom. The normalized spacial score (nSPS) is 16.5. The Bertz CT molecular complexity index is 785. The van der Waals surface area contributed by atoms with Gasteiger partial charge in [0.2, 0.25) is 10.0 Å². The molecule has 0 aromatic heterocycles. The Balaban J connectivity index is 1.76. The van der Waals surface area contributed by atoms with Crippen molar-refractivity contribution >= 4 is 27.3 Å². The number of para-hydroxylation sites is 1. The SMILES string of the molecule is Cc1ccc(S(=O)(=O)N2CCN(c3ccccc3)CC2)c(Cl)c1. The van der Waals surface area contributed by atoms with Gasteiger partial charge in [-0.2, -0.15) is 4.31 Å². The second kappa shape index (κ2) is 6.51. The highest BCUT2D eigenvalue weighted by Gasteiger charge is 2.30. The van der Waals surface area contributed by atoms with E-state index in [1.165, 1.54) is 4.31 Å². The lowest BCUT2D eigenvalue weighted by molar-refractivity contribution is 0.385. The average molecular weight is 351 g/mol. The highest BCUT2D eigenvalue weighted by molar-refractivity contribution is 7.89. The first-order chi connectivity index (χ1) is 11.0. The van der Waals surface area contributed by atoms with E-state index in [1.807, 2.05) is 37.3 Å². The van der Waals surface area contributed by atoms with Gasteiger partial charge >= 0.3 is 0 Å². The fraction of sp³-hybridized carbons (Fsp3) is 0.294. The van der Waals surface area contributed by atoms with Crippen LogP contribution in [-0.2, 0) is 10.0 Å². The van der Waals surface area contributed by atoms with Gasteiger partial charge in [-0.15, -0.1) is 0 Å². The minimum absolute atomic E-state index is 0.193. The molecular formula is C17H19ClN2O2S. The van der Waals surface area contributed by atoms with E-state index in [1.54, 1.807) is 18.2 Å². The number of rotatable bonds is 3. The van der Waals surface area contributed by atoms with Gasteiger partial charge in [0.15, 0.2) is 0 Å². The van der Waals surface area contributed by atoms with E-state index in [0.717, 1.165) is 11.3 Å². The molecule has 1 aliphatic rings. The van der Waals surface area contributed by atoms with E-state index < -0.39 is 10.0 Å². The highest BCUT2D eigenvalue weighted by atomic mass is 35.5. The maximum absolute atomic E-state index is 12.8. The number of hydrogen-bond acceptors (Lipinski definition) is 3. The summed E-state index contributed by atoms with van der Waals surface area (Å²) in [6.07, 6.45) is 0. The molecule has 2 aromatic carbocycles. The van der Waals surface area contributed by atoms with E-state index in [9.17, 15) is 8.42 Å². The predicted octanol–water partition coefficient (Wildman–Crippen LogP) is 3.16. The topological polar surface area (TPSA) is 40.6 Å². The van der Waals surface area contributed by atoms with Crippen molar-refractivity contribution in [3.8, 4) is 0 Å². The van der Waals surface area contributed by atoms with Gasteiger partial charge in [-0.1, -0.05) is 35.9 Å². The van der Waals surface area contributed by atoms with Crippen molar-refractivity contribution in [3.05, 3.63) is 59.1 Å². The monoisotopic (exact) mass is 350 g/mol. The molecule has 1 fully saturated rings. The molecule has 0 aliphatic carbocycles. The smallest absolute Gasteiger partial charge is 0.244 e. The molecule has 0 radical (unpaired) electrons. The van der Waals surface area contributed by atoms with E-state index in [0.29, 0.717) is 26.2 Å². The molecule has 1 aliphatic heterocycles. The predicted molar refractivity (Wildman–Crippen MR) is 93.6 cm³/mol. The first-order valence-electron chi connectivity index (χ1n) is 7.55. The van der Waals surface area contributed by atoms with Gasteiger partial charge in [-0.3, -0.25) is 0 Å². The van der Waals surface area contributed by atoms with Crippen molar-refractivity contribution in [3.63, 3.8) is 0 Å². The quantitative estimate of drug-likeness (QED) is 0.853. The first kappa shape index (κ1) is 16.3. The molecule has 0 spiro atoms. The molecule has 0 saturated carbocycles. The van der Waals surface area contributed by atoms with Crippen LogP contribution in [0.25, 0.3) is 0 Å². The van der Waals surface area contributed by atoms with Crippen LogP contribution >= 0.6 is 11.6 Å². The number of piperazine rings is 1. The van der Waals surface area contributed by atoms with Crippen molar-refractivity contribution in [2.24, 2.45) is 0 Å². The lowest BCUT2D eigenvalue weighted by Gasteiger charge is -2.35. The summed E-state index contributed by atoms with van der Waals surface area (Å²) in [5.41, 5.74) is 2.07. The molecular weight excluding hydrogens is 332 g/mol. The molecule has 2 aromatic rings. The zero-order valence-corrected chi connectivity index (χ0v) is 14.5. The molecule has 0 atom stereocenters. The maximum atomic E-state index is 12.8. The van der Waals surface area contributed by atoms with E-state index >= 15 is 0 Å². The molecule has 0 unspecified atom stereocenters. The summed E-state index contributed by atoms with van der Waals surface area (Å²) in [6, 6.07) is 15.1. The van der Waals surface area contributed by atoms with Gasteiger partial charge in [0.05, 0.1) is 5.02 Å². The Morgan fingerprint density at radius 3 is 2.22 bits per heavy atom. The zero-order chi connectivity index (χ0) is 16.4. The number of anilines is 1. The van der Waals surface area contributed by atoms with Crippen molar-refractivity contribution in [1.29, 1.82) is 0 Å². The summed E-state index contributed by atoms with van der Waals surface area (Å²) in [5.74, 6) is 0. The molecule has 0 bridgehead atoms. The number of nitrogens with zero attached hydrogens (tertiary/aromatic N) is 2. The lowest BCUT2D eigenvalue weighted by Crippen LogP contribution is -2.48. The summed E-state index contributed by atoms with van der Waals surface area (Å²) in [5, 5.41) is 0.287. The van der Waals surface area contributed by atoms with E-state index in [-0.39, 0.29) is 9.92 Å². The number of aryl methyl sites for hydroxylation is 1. The molecule has 1 heterocycles. The minimum Gasteiger partial charge on any atom is -0.369 e. The van der Waals surface area contributed by atoms with Gasteiger partial charge < -0.3 is 4.90 Å². The number of benzene rings is 2. The second-order valence-corrected chi connectivity index (χ2v) is 7.97. The molecule has 122 valence electrons. The molecule has 1 saturated heterocycles. The Hall–Kier alpha value is -1.56. The number of halogens is 1. The maximum Gasteiger partial charge on any atom is 0.244 e. The fourth-order valence-electron chi connectivity index (χ4n) is 2.78. The standard InChI is InChI=1S/C17H19ClN2O2S/c1-14-7-8-17(16(18)13-14)23(21,22)20-11-9-19(10-12-20)15-5-3-2-4-6-15/h2-8,13H,9-12H2,1H3. The van der Waals surface area contributed by atoms with Crippen LogP contribution in [0.5, 0.6) is 0 Å². The summed E-state index contributed by atoms with van der Waals surface area (Å²) in [7, 11) is -3.54. The van der Waals surface area contributed by atoms with E-state index in [2.05, 4.69) is 4.90 Å². The van der Waals surface area contributed by atoms with Crippen LogP contribution in [-0.4, -0.2) is 38.9 Å². The van der Waals surface area contributed by atoms with Gasteiger partial charge in [0, 0.05) is 31.9 Å². The second-order valence-electron chi connectivity index (χ2n) is 5.66. The van der Waals surface area contributed by atoms with E-state index in [4.69, 9.17) is 11.6 Å². The fourth-order valence-corrected chi connectivity index (χ4v) is 4.77. The van der Waals surface area contributed by atoms with Crippen molar-refractivity contribution in [2.75, 3.05) is 31.1 Å². The van der Waals surface area contributed by atoms with Crippen molar-refractivity contribution in [1.82, 2.24) is 4.31 Å². The van der Waals surface area contributed by atoms with Gasteiger partial charge in [0.25, 0.3) is 0 Å². The third-order valence-corrected chi connectivity index (χ3v) is 6.45. The Labute approximate surface area is 142 Å². The highest BCUT2D eigenvalue weighted by Crippen LogP contribution is 2.27. The van der Waals surface area contributed by atoms with Crippen LogP contribution in [0.3, 0.4) is 0 Å². The van der Waals surface area contributed by atoms with Gasteiger partial charge in [-0.05, 0) is 36.8 Å². The van der Waals surface area contributed by atoms with Crippen LogP contribution in [0.1, 0.15) is 5.56 Å². The first-order valence-corrected chi connectivity index (χ1v) is 9.36. The van der Waals surface area contributed by atoms with Crippen LogP contribution in [0.2, 0.25) is 5.02 Å². The van der Waals surface area contributed by atoms with Gasteiger partial charge in [-0.25, -0.2) is 8.42 Å². The third-order valence-electron chi connectivity index (χ3n) is 4.07. The summed E-state index contributed by atoms with van der Waals surface area (Å²) < 4.78 is 27.1. The van der Waals surface area contributed by atoms with Gasteiger partial charge in [0.1, 0.15) is 4.90 Å². The zero-order valence-electron chi connectivity index (χ0n) is 12.9. The van der Waals surface area contributed by atoms with Crippen molar-refractivity contribution in [2.45, 2.75) is 11.8 Å². The van der Waals surface area contributed by atoms with Crippen LogP contribution in [0.4, 0.5) is 5.69 Å². The molecule has 3 rings (SSSR count). The van der Waals surface area contributed by atoms with Crippen LogP contribution in [0, 0.1) is 6.92 Å². The molecule has 23 heavy (non-hydrogen) atoms. The van der Waals surface area contributed by atoms with Crippen LogP contribution < -0.4 is 4.90 Å². The summed E-state index contributed by atoms with van der Waals surface area (Å²) in [4.78, 5) is 2.39. The summed E-state index contributed by atoms with van der Waals surface area (Å²) >= 11 is 6.14. The largest absolute Gasteiger partial charge is 0.369 e. The minimum atomic E-state index is -3.54. The molecule has 0 N–H and O–H groups in total. The molecule has 6 heteroatoms. The lowest BCUT2D eigenvalue weighted by atomic mass is 10.2. The Morgan fingerprint density at radius 1 is 0.957 bits per heavy atom. The molecule has 4 nitrogen and oxygen atoms in total. The Kier molecular flexibility index (Phi) is 4.62. The average Bonchev–Trinajstić information content (AvgIpc) is 2.55. The van der Waals surface area contributed by atoms with Crippen molar-refractivity contribution < 1.29 is 8.42 Å². The number of hydrogen-bond donors (Lipinski definition) is 0. The molecule has 0 amide bonds. The summed E-state index contributed by atoms with van der Waals surface area (Å²) in [6.45, 7) is 4.16. The van der Waals surface area contributed by atoms with Crippen LogP contribution in [0.15, 0.2) is 53.4 Å². The number of sulfonamides is 1. The third kappa shape index (κ3) is 3.37.